The lowest BCUT2D eigenvalue weighted by atomic mass is 10.00. The number of ether oxygens (including phenoxy) is 1. The van der Waals surface area contributed by atoms with Crippen molar-refractivity contribution < 1.29 is 13.5 Å². The van der Waals surface area contributed by atoms with E-state index in [9.17, 15) is 13.6 Å². The van der Waals surface area contributed by atoms with Crippen molar-refractivity contribution in [2.75, 3.05) is 0 Å². The number of aryl methyl sites for hydroxylation is 1. The number of aromatic nitrogens is 3. The number of alkyl halides is 2. The molecular weight excluding hydrogens is 376 g/mol. The number of fused-ring (bicyclic) bond motifs is 1. The molecule has 2 heterocycles. The third-order valence-corrected chi connectivity index (χ3v) is 5.07. The fourth-order valence-corrected chi connectivity index (χ4v) is 3.35. The summed E-state index contributed by atoms with van der Waals surface area (Å²) in [5, 5.41) is 4.77. The smallest absolute Gasteiger partial charge is 0.387 e. The van der Waals surface area contributed by atoms with Crippen molar-refractivity contribution in [1.82, 2.24) is 14.2 Å². The minimum atomic E-state index is -2.94. The highest BCUT2D eigenvalue weighted by Gasteiger charge is 2.20. The lowest BCUT2D eigenvalue weighted by Gasteiger charge is -2.13. The molecule has 0 amide bonds. The van der Waals surface area contributed by atoms with E-state index in [4.69, 9.17) is 11.6 Å². The van der Waals surface area contributed by atoms with Crippen molar-refractivity contribution in [3.63, 3.8) is 0 Å². The molecule has 0 radical (unpaired) electrons. The van der Waals surface area contributed by atoms with E-state index in [1.807, 2.05) is 13.0 Å². The lowest BCUT2D eigenvalue weighted by Crippen LogP contribution is -2.24. The Morgan fingerprint density at radius 2 is 2.00 bits per heavy atom. The molecular formula is C19H20ClF2N3O2. The van der Waals surface area contributed by atoms with Crippen LogP contribution in [0.4, 0.5) is 8.78 Å². The van der Waals surface area contributed by atoms with Crippen molar-refractivity contribution in [3.8, 4) is 17.1 Å². The van der Waals surface area contributed by atoms with Gasteiger partial charge in [0.1, 0.15) is 11.3 Å². The first-order valence-corrected chi connectivity index (χ1v) is 8.96. The van der Waals surface area contributed by atoms with Gasteiger partial charge < -0.3 is 4.74 Å². The van der Waals surface area contributed by atoms with E-state index < -0.39 is 6.61 Å². The molecule has 27 heavy (non-hydrogen) atoms. The predicted octanol–water partition coefficient (Wildman–Crippen LogP) is 4.78. The summed E-state index contributed by atoms with van der Waals surface area (Å²) in [6, 6.07) is 6.15. The van der Waals surface area contributed by atoms with Gasteiger partial charge in [0.05, 0.1) is 5.02 Å². The highest BCUT2D eigenvalue weighted by atomic mass is 35.5. The maximum Gasteiger partial charge on any atom is 0.387 e. The maximum atomic E-state index is 13.0. The van der Waals surface area contributed by atoms with E-state index in [0.29, 0.717) is 16.9 Å². The number of hydrogen-bond donors (Lipinski definition) is 0. The van der Waals surface area contributed by atoms with Crippen LogP contribution in [-0.4, -0.2) is 20.8 Å². The number of hydrogen-bond acceptors (Lipinski definition) is 3. The molecule has 0 bridgehead atoms. The zero-order valence-corrected chi connectivity index (χ0v) is 16.2. The van der Waals surface area contributed by atoms with Crippen molar-refractivity contribution in [2.24, 2.45) is 7.05 Å². The Bertz CT molecular complexity index is 1060. The topological polar surface area (TPSA) is 48.5 Å². The quantitative estimate of drug-likeness (QED) is 0.624. The number of halogens is 3. The average molecular weight is 396 g/mol. The van der Waals surface area contributed by atoms with E-state index in [1.165, 1.54) is 22.8 Å². The van der Waals surface area contributed by atoms with Gasteiger partial charge in [0.25, 0.3) is 5.56 Å². The molecule has 3 aromatic rings. The molecule has 1 aromatic carbocycles. The summed E-state index contributed by atoms with van der Waals surface area (Å²) < 4.78 is 32.2. The third kappa shape index (κ3) is 3.43. The van der Waals surface area contributed by atoms with Crippen LogP contribution in [0.1, 0.15) is 37.4 Å². The lowest BCUT2D eigenvalue weighted by molar-refractivity contribution is -0.0498. The molecule has 0 saturated carbocycles. The van der Waals surface area contributed by atoms with Crippen LogP contribution in [-0.2, 0) is 7.05 Å². The van der Waals surface area contributed by atoms with Gasteiger partial charge in [-0.1, -0.05) is 25.4 Å². The molecule has 5 nitrogen and oxygen atoms in total. The molecule has 1 unspecified atom stereocenters. The maximum absolute atomic E-state index is 13.0. The molecule has 3 rings (SSSR count). The van der Waals surface area contributed by atoms with Crippen LogP contribution in [0.3, 0.4) is 0 Å². The number of rotatable bonds is 5. The Kier molecular flexibility index (Phi) is 5.24. The minimum absolute atomic E-state index is 0.0546. The molecule has 0 aliphatic rings. The second kappa shape index (κ2) is 7.31. The number of benzene rings is 1. The van der Waals surface area contributed by atoms with E-state index in [0.717, 1.165) is 17.7 Å². The fourth-order valence-electron chi connectivity index (χ4n) is 3.10. The van der Waals surface area contributed by atoms with Gasteiger partial charge in [-0.25, -0.2) is 4.52 Å². The van der Waals surface area contributed by atoms with Crippen molar-refractivity contribution >= 4 is 17.1 Å². The highest BCUT2D eigenvalue weighted by Crippen LogP contribution is 2.31. The first kappa shape index (κ1) is 19.4. The molecule has 0 aliphatic carbocycles. The Morgan fingerprint density at radius 1 is 1.30 bits per heavy atom. The third-order valence-electron chi connectivity index (χ3n) is 4.75. The van der Waals surface area contributed by atoms with Gasteiger partial charge in [-0.2, -0.15) is 8.78 Å². The standard InChI is InChI=1S/C19H20ClF2N3O2/c1-5-10(2)14-8-11(3)25-16(14)18(26)24(4)17(23-25)13-7-6-12(9-15(13)20)27-19(21)22/h6-10,19H,5H2,1-4H3. The van der Waals surface area contributed by atoms with Gasteiger partial charge in [-0.3, -0.25) is 9.36 Å². The van der Waals surface area contributed by atoms with Gasteiger partial charge in [-0.05, 0) is 49.1 Å². The Morgan fingerprint density at radius 3 is 2.59 bits per heavy atom. The second-order valence-corrected chi connectivity index (χ2v) is 6.93. The first-order valence-electron chi connectivity index (χ1n) is 8.58. The molecule has 0 spiro atoms. The fraction of sp³-hybridized carbons (Fsp3) is 0.368. The summed E-state index contributed by atoms with van der Waals surface area (Å²) >= 11 is 6.25. The predicted molar refractivity (Wildman–Crippen MR) is 101 cm³/mol. The molecule has 144 valence electrons. The molecule has 2 aromatic heterocycles. The van der Waals surface area contributed by atoms with Crippen LogP contribution in [0.25, 0.3) is 16.9 Å². The van der Waals surface area contributed by atoms with E-state index in [2.05, 4.69) is 23.7 Å². The Balaban J connectivity index is 2.21. The Labute approximate surface area is 160 Å². The monoisotopic (exact) mass is 395 g/mol. The zero-order chi connectivity index (χ0) is 19.9. The molecule has 1 atom stereocenters. The SMILES string of the molecule is CCC(C)c1cc(C)n2nc(-c3ccc(OC(F)F)cc3Cl)n(C)c(=O)c12. The summed E-state index contributed by atoms with van der Waals surface area (Å²) in [5.74, 6) is 0.514. The van der Waals surface area contributed by atoms with Gasteiger partial charge in [-0.15, -0.1) is 5.10 Å². The second-order valence-electron chi connectivity index (χ2n) is 6.52. The van der Waals surface area contributed by atoms with Crippen LogP contribution in [0, 0.1) is 6.92 Å². The summed E-state index contributed by atoms with van der Waals surface area (Å²) in [6.45, 7) is 3.09. The van der Waals surface area contributed by atoms with Crippen LogP contribution in [0.2, 0.25) is 5.02 Å². The summed E-state index contributed by atoms with van der Waals surface area (Å²) in [5.41, 5.74) is 2.61. The van der Waals surface area contributed by atoms with Gasteiger partial charge in [0.2, 0.25) is 0 Å². The Hall–Kier alpha value is -2.41. The molecule has 0 fully saturated rings. The molecule has 8 heteroatoms. The minimum Gasteiger partial charge on any atom is -0.435 e. The van der Waals surface area contributed by atoms with Gasteiger partial charge in [0.15, 0.2) is 5.82 Å². The van der Waals surface area contributed by atoms with Gasteiger partial charge in [0, 0.05) is 18.3 Å². The largest absolute Gasteiger partial charge is 0.435 e. The summed E-state index contributed by atoms with van der Waals surface area (Å²) in [4.78, 5) is 13.0. The van der Waals surface area contributed by atoms with Crippen LogP contribution in [0.5, 0.6) is 5.75 Å². The van der Waals surface area contributed by atoms with Crippen LogP contribution in [0.15, 0.2) is 29.1 Å². The van der Waals surface area contributed by atoms with Crippen LogP contribution >= 0.6 is 11.6 Å². The molecule has 0 N–H and O–H groups in total. The average Bonchev–Trinajstić information content (AvgIpc) is 2.94. The normalized spacial score (nSPS) is 12.7. The van der Waals surface area contributed by atoms with E-state index in [1.54, 1.807) is 11.6 Å². The molecule has 0 saturated heterocycles. The zero-order valence-electron chi connectivity index (χ0n) is 15.5. The summed E-state index contributed by atoms with van der Waals surface area (Å²) in [7, 11) is 1.62. The first-order chi connectivity index (χ1) is 12.7. The van der Waals surface area contributed by atoms with Gasteiger partial charge >= 0.3 is 6.61 Å². The molecule has 0 aliphatic heterocycles. The van der Waals surface area contributed by atoms with E-state index >= 15 is 0 Å². The summed E-state index contributed by atoms with van der Waals surface area (Å²) in [6.07, 6.45) is 0.904. The number of nitrogens with zero attached hydrogens (tertiary/aromatic N) is 3. The van der Waals surface area contributed by atoms with Crippen molar-refractivity contribution in [3.05, 3.63) is 50.9 Å². The van der Waals surface area contributed by atoms with Crippen molar-refractivity contribution in [2.45, 2.75) is 39.7 Å². The highest BCUT2D eigenvalue weighted by molar-refractivity contribution is 6.33. The van der Waals surface area contributed by atoms with E-state index in [-0.39, 0.29) is 22.2 Å². The van der Waals surface area contributed by atoms with Crippen molar-refractivity contribution in [1.29, 1.82) is 0 Å². The van der Waals surface area contributed by atoms with Crippen LogP contribution < -0.4 is 10.3 Å².